The summed E-state index contributed by atoms with van der Waals surface area (Å²) in [7, 11) is 0. The van der Waals surface area contributed by atoms with Crippen LogP contribution in [0, 0.1) is 0 Å². The van der Waals surface area contributed by atoms with E-state index in [9.17, 15) is 4.79 Å². The lowest BCUT2D eigenvalue weighted by molar-refractivity contribution is 0.0692. The van der Waals surface area contributed by atoms with Crippen LogP contribution >= 0.6 is 27.5 Å². The Bertz CT molecular complexity index is 579. The fraction of sp³-hybridized carbons (Fsp3) is 0.0833. The summed E-state index contributed by atoms with van der Waals surface area (Å²) in [5.41, 5.74) is 0.0844. The molecule has 0 aliphatic rings. The molecule has 94 valence electrons. The van der Waals surface area contributed by atoms with Crippen LogP contribution in [0.5, 0.6) is 5.75 Å². The van der Waals surface area contributed by atoms with Gasteiger partial charge in [-0.05, 0) is 24.3 Å². The van der Waals surface area contributed by atoms with E-state index < -0.39 is 5.97 Å². The number of carboxylic acid groups (broad SMARTS) is 1. The first-order valence-electron chi connectivity index (χ1n) is 4.95. The van der Waals surface area contributed by atoms with Crippen molar-refractivity contribution >= 4 is 33.5 Å². The number of furan rings is 1. The predicted molar refractivity (Wildman–Crippen MR) is 69.2 cm³/mol. The molecule has 0 spiro atoms. The lowest BCUT2D eigenvalue weighted by Gasteiger charge is -2.07. The summed E-state index contributed by atoms with van der Waals surface area (Å²) in [5.74, 6) is -0.347. The molecule has 0 saturated heterocycles. The highest BCUT2D eigenvalue weighted by Crippen LogP contribution is 2.28. The lowest BCUT2D eigenvalue weighted by atomic mass is 10.2. The fourth-order valence-corrected chi connectivity index (χ4v) is 1.89. The Labute approximate surface area is 116 Å². The molecule has 18 heavy (non-hydrogen) atoms. The van der Waals surface area contributed by atoms with Gasteiger partial charge in [0.25, 0.3) is 0 Å². The van der Waals surface area contributed by atoms with Crippen molar-refractivity contribution in [3.8, 4) is 5.75 Å². The molecule has 1 aromatic heterocycles. The van der Waals surface area contributed by atoms with E-state index in [1.807, 2.05) is 0 Å². The Morgan fingerprint density at radius 1 is 1.44 bits per heavy atom. The molecule has 1 aromatic carbocycles. The van der Waals surface area contributed by atoms with Gasteiger partial charge in [0.1, 0.15) is 17.9 Å². The van der Waals surface area contributed by atoms with Crippen molar-refractivity contribution in [3.05, 3.63) is 51.3 Å². The van der Waals surface area contributed by atoms with Crippen molar-refractivity contribution in [1.29, 1.82) is 0 Å². The number of halogens is 2. The summed E-state index contributed by atoms with van der Waals surface area (Å²) in [6.07, 6.45) is 1.31. The van der Waals surface area contributed by atoms with Gasteiger partial charge in [0, 0.05) is 4.47 Å². The third kappa shape index (κ3) is 2.86. The number of hydrogen-bond donors (Lipinski definition) is 1. The van der Waals surface area contributed by atoms with Gasteiger partial charge < -0.3 is 14.3 Å². The Balaban J connectivity index is 2.14. The van der Waals surface area contributed by atoms with Gasteiger partial charge in [-0.1, -0.05) is 27.5 Å². The van der Waals surface area contributed by atoms with Crippen LogP contribution in [0.15, 0.2) is 39.4 Å². The Kier molecular flexibility index (Phi) is 3.93. The summed E-state index contributed by atoms with van der Waals surface area (Å²) < 4.78 is 11.3. The summed E-state index contributed by atoms with van der Waals surface area (Å²) in [6, 6.07) is 6.54. The quantitative estimate of drug-likeness (QED) is 0.921. The number of benzene rings is 1. The zero-order chi connectivity index (χ0) is 13.1. The average molecular weight is 332 g/mol. The molecular weight excluding hydrogens is 323 g/mol. The van der Waals surface area contributed by atoms with Crippen LogP contribution in [0.3, 0.4) is 0 Å². The average Bonchev–Trinajstić information content (AvgIpc) is 2.79. The standard InChI is InChI=1S/C12H8BrClO4/c13-7-1-2-9(14)10(5-7)18-6-11-8(12(15)16)3-4-17-11/h1-5H,6H2,(H,15,16). The Morgan fingerprint density at radius 3 is 2.94 bits per heavy atom. The molecule has 2 aromatic rings. The third-order valence-electron chi connectivity index (χ3n) is 2.23. The van der Waals surface area contributed by atoms with Crippen LogP contribution in [-0.2, 0) is 6.61 Å². The van der Waals surface area contributed by atoms with Gasteiger partial charge in [0.15, 0.2) is 5.76 Å². The summed E-state index contributed by atoms with van der Waals surface area (Å²) in [6.45, 7) is 0.00477. The van der Waals surface area contributed by atoms with Crippen LogP contribution in [-0.4, -0.2) is 11.1 Å². The van der Waals surface area contributed by atoms with Gasteiger partial charge in [-0.25, -0.2) is 4.79 Å². The number of aromatic carboxylic acids is 1. The lowest BCUT2D eigenvalue weighted by Crippen LogP contribution is -2.02. The second kappa shape index (κ2) is 5.46. The maximum Gasteiger partial charge on any atom is 0.339 e. The van der Waals surface area contributed by atoms with E-state index in [1.54, 1.807) is 18.2 Å². The van der Waals surface area contributed by atoms with Crippen LogP contribution in [0.2, 0.25) is 5.02 Å². The maximum atomic E-state index is 10.9. The van der Waals surface area contributed by atoms with E-state index in [0.29, 0.717) is 10.8 Å². The minimum atomic E-state index is -1.05. The summed E-state index contributed by atoms with van der Waals surface area (Å²) in [4.78, 5) is 10.9. The molecule has 1 N–H and O–H groups in total. The Hall–Kier alpha value is -1.46. The number of rotatable bonds is 4. The van der Waals surface area contributed by atoms with E-state index in [1.165, 1.54) is 12.3 Å². The van der Waals surface area contributed by atoms with Crippen LogP contribution in [0.25, 0.3) is 0 Å². The number of carboxylic acids is 1. The van der Waals surface area contributed by atoms with Crippen molar-refractivity contribution in [2.24, 2.45) is 0 Å². The highest BCUT2D eigenvalue weighted by molar-refractivity contribution is 9.10. The first-order chi connectivity index (χ1) is 8.58. The zero-order valence-electron chi connectivity index (χ0n) is 9.02. The first kappa shape index (κ1) is 13.0. The smallest absolute Gasteiger partial charge is 0.339 e. The van der Waals surface area contributed by atoms with E-state index in [-0.39, 0.29) is 17.9 Å². The molecule has 2 rings (SSSR count). The van der Waals surface area contributed by atoms with E-state index in [4.69, 9.17) is 25.9 Å². The van der Waals surface area contributed by atoms with Gasteiger partial charge >= 0.3 is 5.97 Å². The van der Waals surface area contributed by atoms with Crippen LogP contribution in [0.1, 0.15) is 16.1 Å². The van der Waals surface area contributed by atoms with E-state index in [0.717, 1.165) is 4.47 Å². The molecule has 0 amide bonds. The molecule has 0 bridgehead atoms. The second-order valence-corrected chi connectivity index (χ2v) is 4.75. The monoisotopic (exact) mass is 330 g/mol. The number of hydrogen-bond acceptors (Lipinski definition) is 3. The third-order valence-corrected chi connectivity index (χ3v) is 3.03. The maximum absolute atomic E-state index is 10.9. The molecule has 0 fully saturated rings. The van der Waals surface area contributed by atoms with Crippen molar-refractivity contribution < 1.29 is 19.1 Å². The summed E-state index contributed by atoms with van der Waals surface area (Å²) in [5, 5.41) is 9.35. The van der Waals surface area contributed by atoms with Crippen LogP contribution in [0.4, 0.5) is 0 Å². The zero-order valence-corrected chi connectivity index (χ0v) is 11.4. The van der Waals surface area contributed by atoms with Crippen molar-refractivity contribution in [1.82, 2.24) is 0 Å². The minimum absolute atomic E-state index is 0.00477. The molecule has 0 atom stereocenters. The number of ether oxygens (including phenoxy) is 1. The van der Waals surface area contributed by atoms with Gasteiger partial charge in [-0.3, -0.25) is 0 Å². The second-order valence-electron chi connectivity index (χ2n) is 3.43. The van der Waals surface area contributed by atoms with Gasteiger partial charge in [-0.15, -0.1) is 0 Å². The molecule has 0 radical (unpaired) electrons. The molecule has 6 heteroatoms. The van der Waals surface area contributed by atoms with Crippen LogP contribution < -0.4 is 4.74 Å². The Morgan fingerprint density at radius 2 is 2.22 bits per heavy atom. The van der Waals surface area contributed by atoms with Crippen molar-refractivity contribution in [2.75, 3.05) is 0 Å². The largest absolute Gasteiger partial charge is 0.484 e. The molecule has 4 nitrogen and oxygen atoms in total. The molecule has 0 unspecified atom stereocenters. The van der Waals surface area contributed by atoms with E-state index in [2.05, 4.69) is 15.9 Å². The van der Waals surface area contributed by atoms with E-state index >= 15 is 0 Å². The minimum Gasteiger partial charge on any atom is -0.484 e. The molecule has 0 aliphatic carbocycles. The topological polar surface area (TPSA) is 59.7 Å². The fourth-order valence-electron chi connectivity index (χ4n) is 1.37. The predicted octanol–water partition coefficient (Wildman–Crippen LogP) is 3.97. The van der Waals surface area contributed by atoms with Gasteiger partial charge in [0.05, 0.1) is 11.3 Å². The molecular formula is C12H8BrClO4. The van der Waals surface area contributed by atoms with Crippen molar-refractivity contribution in [3.63, 3.8) is 0 Å². The first-order valence-corrected chi connectivity index (χ1v) is 6.12. The number of carbonyl (C=O) groups is 1. The van der Waals surface area contributed by atoms with Gasteiger partial charge in [0.2, 0.25) is 0 Å². The molecule has 0 saturated carbocycles. The highest BCUT2D eigenvalue weighted by Gasteiger charge is 2.14. The highest BCUT2D eigenvalue weighted by atomic mass is 79.9. The van der Waals surface area contributed by atoms with Gasteiger partial charge in [-0.2, -0.15) is 0 Å². The molecule has 1 heterocycles. The SMILES string of the molecule is O=C(O)c1ccoc1COc1cc(Br)ccc1Cl. The molecule has 0 aliphatic heterocycles. The summed E-state index contributed by atoms with van der Waals surface area (Å²) >= 11 is 9.24. The normalized spacial score (nSPS) is 10.3. The van der Waals surface area contributed by atoms with Crippen molar-refractivity contribution in [2.45, 2.75) is 6.61 Å².